The molecular formula is C14H25NO3S. The Morgan fingerprint density at radius 2 is 2.16 bits per heavy atom. The van der Waals surface area contributed by atoms with Crippen molar-refractivity contribution in [3.05, 3.63) is 0 Å². The predicted molar refractivity (Wildman–Crippen MR) is 78.5 cm³/mol. The molecule has 110 valence electrons. The molecule has 1 unspecified atom stereocenters. The molecule has 0 N–H and O–H groups in total. The van der Waals surface area contributed by atoms with Crippen molar-refractivity contribution in [2.75, 3.05) is 25.1 Å². The number of hydrogen-bond acceptors (Lipinski definition) is 4. The first-order valence-corrected chi connectivity index (χ1v) is 8.22. The van der Waals surface area contributed by atoms with Gasteiger partial charge >= 0.3 is 6.09 Å². The van der Waals surface area contributed by atoms with Gasteiger partial charge in [-0.15, -0.1) is 0 Å². The lowest BCUT2D eigenvalue weighted by atomic mass is 9.92. The quantitative estimate of drug-likeness (QED) is 0.746. The fourth-order valence-electron chi connectivity index (χ4n) is 2.13. The highest BCUT2D eigenvalue weighted by Crippen LogP contribution is 2.21. The molecule has 1 rings (SSSR count). The first-order chi connectivity index (χ1) is 8.83. The third-order valence-electron chi connectivity index (χ3n) is 3.08. The zero-order valence-electron chi connectivity index (χ0n) is 12.4. The molecule has 0 aromatic carbocycles. The number of piperidine rings is 1. The van der Waals surface area contributed by atoms with E-state index in [1.54, 1.807) is 16.7 Å². The maximum Gasteiger partial charge on any atom is 0.410 e. The summed E-state index contributed by atoms with van der Waals surface area (Å²) in [6.45, 7) is 6.58. The Morgan fingerprint density at radius 3 is 2.74 bits per heavy atom. The van der Waals surface area contributed by atoms with Crippen LogP contribution < -0.4 is 0 Å². The van der Waals surface area contributed by atoms with Gasteiger partial charge in [0.2, 0.25) is 0 Å². The van der Waals surface area contributed by atoms with Gasteiger partial charge < -0.3 is 9.64 Å². The van der Waals surface area contributed by atoms with Crippen LogP contribution in [0.5, 0.6) is 0 Å². The van der Waals surface area contributed by atoms with Crippen LogP contribution in [0.4, 0.5) is 4.79 Å². The molecule has 1 atom stereocenters. The molecule has 19 heavy (non-hydrogen) atoms. The highest BCUT2D eigenvalue weighted by Gasteiger charge is 2.31. The molecular weight excluding hydrogens is 262 g/mol. The number of carbonyl (C=O) groups is 2. The molecule has 0 aromatic rings. The van der Waals surface area contributed by atoms with Gasteiger partial charge in [0.15, 0.2) is 0 Å². The molecule has 1 fully saturated rings. The fraction of sp³-hybridized carbons (Fsp3) is 0.857. The minimum atomic E-state index is -0.479. The van der Waals surface area contributed by atoms with E-state index in [4.69, 9.17) is 4.74 Å². The number of amides is 1. The molecule has 0 aliphatic carbocycles. The summed E-state index contributed by atoms with van der Waals surface area (Å²) in [5.74, 6) is 1.35. The van der Waals surface area contributed by atoms with Crippen LogP contribution in [0.15, 0.2) is 0 Å². The number of likely N-dealkylation sites (tertiary alicyclic amines) is 1. The Balaban J connectivity index is 2.49. The Hall–Kier alpha value is -0.710. The molecule has 0 bridgehead atoms. The van der Waals surface area contributed by atoms with Crippen molar-refractivity contribution >= 4 is 23.6 Å². The second-order valence-corrected chi connectivity index (χ2v) is 6.96. The maximum atomic E-state index is 12.0. The summed E-state index contributed by atoms with van der Waals surface area (Å²) in [4.78, 5) is 25.5. The van der Waals surface area contributed by atoms with Gasteiger partial charge in [-0.1, -0.05) is 0 Å². The Labute approximate surface area is 120 Å². The Morgan fingerprint density at radius 1 is 1.47 bits per heavy atom. The normalized spacial score (nSPS) is 20.5. The zero-order valence-corrected chi connectivity index (χ0v) is 13.2. The summed E-state index contributed by atoms with van der Waals surface area (Å²) in [7, 11) is 0. The second kappa shape index (κ2) is 7.17. The second-order valence-electron chi connectivity index (χ2n) is 5.97. The predicted octanol–water partition coefficient (Wildman–Crippen LogP) is 2.96. The van der Waals surface area contributed by atoms with E-state index in [0.717, 1.165) is 18.6 Å². The SMILES string of the molecule is CSCCCC1CN(C(=O)OC(C)(C)C)CCC1=O. The lowest BCUT2D eigenvalue weighted by molar-refractivity contribution is -0.126. The summed E-state index contributed by atoms with van der Waals surface area (Å²) in [6, 6.07) is 0. The first-order valence-electron chi connectivity index (χ1n) is 6.83. The van der Waals surface area contributed by atoms with Gasteiger partial charge in [-0.2, -0.15) is 11.8 Å². The van der Waals surface area contributed by atoms with Crippen molar-refractivity contribution in [1.29, 1.82) is 0 Å². The molecule has 0 aromatic heterocycles. The van der Waals surface area contributed by atoms with Crippen LogP contribution in [0.3, 0.4) is 0 Å². The summed E-state index contributed by atoms with van der Waals surface area (Å²) in [5.41, 5.74) is -0.479. The van der Waals surface area contributed by atoms with E-state index in [0.29, 0.717) is 25.3 Å². The van der Waals surface area contributed by atoms with Crippen molar-refractivity contribution < 1.29 is 14.3 Å². The third kappa shape index (κ3) is 5.85. The average molecular weight is 287 g/mol. The summed E-state index contributed by atoms with van der Waals surface area (Å²) >= 11 is 1.79. The van der Waals surface area contributed by atoms with Crippen molar-refractivity contribution in [3.8, 4) is 0 Å². The van der Waals surface area contributed by atoms with Gasteiger partial charge in [0.1, 0.15) is 11.4 Å². The van der Waals surface area contributed by atoms with Crippen LogP contribution in [0.2, 0.25) is 0 Å². The molecule has 1 heterocycles. The summed E-state index contributed by atoms with van der Waals surface area (Å²) in [6.07, 6.45) is 4.13. The van der Waals surface area contributed by atoms with Crippen LogP contribution in [0, 0.1) is 5.92 Å². The van der Waals surface area contributed by atoms with Gasteiger partial charge in [-0.25, -0.2) is 4.79 Å². The van der Waals surface area contributed by atoms with Crippen LogP contribution in [0.1, 0.15) is 40.0 Å². The zero-order chi connectivity index (χ0) is 14.5. The van der Waals surface area contributed by atoms with E-state index in [2.05, 4.69) is 6.26 Å². The minimum absolute atomic E-state index is 0.00609. The molecule has 1 aliphatic heterocycles. The number of Topliss-reactive ketones (excluding diaryl/α,β-unsaturated/α-hetero) is 1. The lowest BCUT2D eigenvalue weighted by Crippen LogP contribution is -2.46. The molecule has 1 saturated heterocycles. The van der Waals surface area contributed by atoms with Crippen molar-refractivity contribution in [1.82, 2.24) is 4.90 Å². The molecule has 0 saturated carbocycles. The number of nitrogens with zero attached hydrogens (tertiary/aromatic N) is 1. The standard InChI is InChI=1S/C14H25NO3S/c1-14(2,3)18-13(17)15-8-7-12(16)11(10-15)6-5-9-19-4/h11H,5-10H2,1-4H3. The van der Waals surface area contributed by atoms with Crippen molar-refractivity contribution in [3.63, 3.8) is 0 Å². The van der Waals surface area contributed by atoms with E-state index < -0.39 is 5.60 Å². The van der Waals surface area contributed by atoms with E-state index in [1.807, 2.05) is 20.8 Å². The Kier molecular flexibility index (Phi) is 6.17. The van der Waals surface area contributed by atoms with E-state index in [-0.39, 0.29) is 12.0 Å². The monoisotopic (exact) mass is 287 g/mol. The minimum Gasteiger partial charge on any atom is -0.444 e. The number of hydrogen-bond donors (Lipinski definition) is 0. The van der Waals surface area contributed by atoms with Crippen LogP contribution in [-0.2, 0) is 9.53 Å². The molecule has 0 radical (unpaired) electrons. The van der Waals surface area contributed by atoms with Gasteiger partial charge in [-0.05, 0) is 45.6 Å². The maximum absolute atomic E-state index is 12.0. The van der Waals surface area contributed by atoms with E-state index >= 15 is 0 Å². The van der Waals surface area contributed by atoms with Gasteiger partial charge in [0.25, 0.3) is 0 Å². The number of ketones is 1. The van der Waals surface area contributed by atoms with E-state index in [9.17, 15) is 9.59 Å². The largest absolute Gasteiger partial charge is 0.444 e. The van der Waals surface area contributed by atoms with Crippen LogP contribution in [-0.4, -0.2) is 47.5 Å². The molecule has 1 aliphatic rings. The lowest BCUT2D eigenvalue weighted by Gasteiger charge is -2.33. The van der Waals surface area contributed by atoms with E-state index in [1.165, 1.54) is 0 Å². The van der Waals surface area contributed by atoms with Crippen LogP contribution in [0.25, 0.3) is 0 Å². The Bertz CT molecular complexity index is 325. The third-order valence-corrected chi connectivity index (χ3v) is 3.77. The fourth-order valence-corrected chi connectivity index (χ4v) is 2.58. The molecule has 0 spiro atoms. The van der Waals surface area contributed by atoms with Crippen molar-refractivity contribution in [2.45, 2.75) is 45.6 Å². The van der Waals surface area contributed by atoms with Gasteiger partial charge in [-0.3, -0.25) is 4.79 Å². The van der Waals surface area contributed by atoms with Crippen LogP contribution >= 0.6 is 11.8 Å². The average Bonchev–Trinajstić information content (AvgIpc) is 2.29. The number of thioether (sulfide) groups is 1. The number of rotatable bonds is 4. The summed E-state index contributed by atoms with van der Waals surface area (Å²) in [5, 5.41) is 0. The molecule has 1 amide bonds. The number of ether oxygens (including phenoxy) is 1. The molecule has 4 nitrogen and oxygen atoms in total. The number of carbonyl (C=O) groups excluding carboxylic acids is 2. The van der Waals surface area contributed by atoms with Crippen molar-refractivity contribution in [2.24, 2.45) is 5.92 Å². The van der Waals surface area contributed by atoms with Gasteiger partial charge in [0, 0.05) is 25.4 Å². The highest BCUT2D eigenvalue weighted by atomic mass is 32.2. The summed E-state index contributed by atoms with van der Waals surface area (Å²) < 4.78 is 5.36. The highest BCUT2D eigenvalue weighted by molar-refractivity contribution is 7.98. The van der Waals surface area contributed by atoms with Gasteiger partial charge in [0.05, 0.1) is 0 Å². The topological polar surface area (TPSA) is 46.6 Å². The molecule has 5 heteroatoms. The first kappa shape index (κ1) is 16.3. The smallest absolute Gasteiger partial charge is 0.410 e.